The molecule has 0 unspecified atom stereocenters. The Morgan fingerprint density at radius 2 is 2.00 bits per heavy atom. The lowest BCUT2D eigenvalue weighted by Crippen LogP contribution is -2.33. The monoisotopic (exact) mass is 218 g/mol. The molecule has 1 N–H and O–H groups in total. The number of fused-ring (bicyclic) bond motifs is 2. The first-order valence-corrected chi connectivity index (χ1v) is 5.91. The lowest BCUT2D eigenvalue weighted by molar-refractivity contribution is -0.0416. The van der Waals surface area contributed by atoms with E-state index < -0.39 is 0 Å². The second-order valence-electron chi connectivity index (χ2n) is 5.42. The van der Waals surface area contributed by atoms with Crippen molar-refractivity contribution < 1.29 is 4.74 Å². The van der Waals surface area contributed by atoms with Crippen molar-refractivity contribution in [3.63, 3.8) is 0 Å². The first-order chi connectivity index (χ1) is 7.57. The molecule has 1 aromatic heterocycles. The molecule has 0 saturated carbocycles. The Balaban J connectivity index is 2.13. The smallest absolute Gasteiger partial charge is 0.0744 e. The van der Waals surface area contributed by atoms with Gasteiger partial charge in [-0.05, 0) is 31.9 Å². The minimum absolute atomic E-state index is 0.0628. The number of nitrogens with one attached hydrogen (secondary N) is 1. The van der Waals surface area contributed by atoms with E-state index in [2.05, 4.69) is 26.1 Å². The molecule has 0 spiro atoms. The van der Waals surface area contributed by atoms with Crippen LogP contribution in [-0.4, -0.2) is 10.6 Å². The molecule has 0 aromatic carbocycles. The second kappa shape index (κ2) is 3.28. The van der Waals surface area contributed by atoms with Crippen LogP contribution < -0.4 is 5.32 Å². The van der Waals surface area contributed by atoms with Crippen LogP contribution in [0.3, 0.4) is 0 Å². The minimum Gasteiger partial charge on any atom is -0.370 e. The van der Waals surface area contributed by atoms with Crippen molar-refractivity contribution in [2.24, 2.45) is 0 Å². The molecule has 0 fully saturated rings. The minimum atomic E-state index is -0.0628. The molecule has 2 aliphatic heterocycles. The van der Waals surface area contributed by atoms with Gasteiger partial charge < -0.3 is 10.1 Å². The third-order valence-electron chi connectivity index (χ3n) is 3.67. The Bertz CT molecular complexity index is 452. The summed E-state index contributed by atoms with van der Waals surface area (Å²) in [4.78, 5) is 4.81. The average molecular weight is 218 g/mol. The van der Waals surface area contributed by atoms with Crippen LogP contribution in [0.4, 0.5) is 0 Å². The maximum absolute atomic E-state index is 5.87. The summed E-state index contributed by atoms with van der Waals surface area (Å²) in [6.45, 7) is 9.08. The molecule has 0 amide bonds. The van der Waals surface area contributed by atoms with E-state index in [9.17, 15) is 0 Å². The first-order valence-electron chi connectivity index (χ1n) is 5.91. The standard InChI is InChI=1S/C13H18N2O/c1-8-9-5-14-6-12(9)15-11-4-13(2,3)16-7-10(8)11/h14H,4-7H2,1-3H3. The summed E-state index contributed by atoms with van der Waals surface area (Å²) in [6, 6.07) is 0. The number of ether oxygens (including phenoxy) is 1. The molecular formula is C13H18N2O. The van der Waals surface area contributed by atoms with Crippen LogP contribution in [0.2, 0.25) is 0 Å². The van der Waals surface area contributed by atoms with Gasteiger partial charge in [-0.1, -0.05) is 0 Å². The molecule has 0 saturated heterocycles. The number of aromatic nitrogens is 1. The third kappa shape index (κ3) is 1.46. The summed E-state index contributed by atoms with van der Waals surface area (Å²) in [5.74, 6) is 0. The average Bonchev–Trinajstić information content (AvgIpc) is 2.64. The molecule has 86 valence electrons. The van der Waals surface area contributed by atoms with Crippen LogP contribution in [0.1, 0.15) is 41.9 Å². The molecule has 3 heterocycles. The molecule has 0 aliphatic carbocycles. The first kappa shape index (κ1) is 10.2. The van der Waals surface area contributed by atoms with Crippen molar-refractivity contribution in [2.45, 2.75) is 52.5 Å². The summed E-state index contributed by atoms with van der Waals surface area (Å²) in [5.41, 5.74) is 6.53. The van der Waals surface area contributed by atoms with Crippen LogP contribution in [0.15, 0.2) is 0 Å². The Morgan fingerprint density at radius 3 is 2.81 bits per heavy atom. The van der Waals surface area contributed by atoms with Crippen LogP contribution in [0.5, 0.6) is 0 Å². The van der Waals surface area contributed by atoms with E-state index in [0.717, 1.165) is 19.5 Å². The maximum Gasteiger partial charge on any atom is 0.0744 e. The van der Waals surface area contributed by atoms with Crippen molar-refractivity contribution in [1.29, 1.82) is 0 Å². The lowest BCUT2D eigenvalue weighted by atomic mass is 9.91. The highest BCUT2D eigenvalue weighted by atomic mass is 16.5. The van der Waals surface area contributed by atoms with Gasteiger partial charge in [-0.2, -0.15) is 0 Å². The van der Waals surface area contributed by atoms with Crippen LogP contribution in [-0.2, 0) is 30.9 Å². The summed E-state index contributed by atoms with van der Waals surface area (Å²) < 4.78 is 5.87. The van der Waals surface area contributed by atoms with Gasteiger partial charge in [-0.25, -0.2) is 0 Å². The Labute approximate surface area is 96.2 Å². The lowest BCUT2D eigenvalue weighted by Gasteiger charge is -2.32. The summed E-state index contributed by atoms with van der Waals surface area (Å²) in [6.07, 6.45) is 0.927. The number of hydrogen-bond acceptors (Lipinski definition) is 3. The summed E-state index contributed by atoms with van der Waals surface area (Å²) >= 11 is 0. The molecule has 0 radical (unpaired) electrons. The molecule has 2 aliphatic rings. The molecule has 3 rings (SSSR count). The van der Waals surface area contributed by atoms with Crippen LogP contribution in [0, 0.1) is 6.92 Å². The Hall–Kier alpha value is -0.930. The quantitative estimate of drug-likeness (QED) is 0.721. The van der Waals surface area contributed by atoms with Gasteiger partial charge in [0.25, 0.3) is 0 Å². The van der Waals surface area contributed by atoms with E-state index in [0.29, 0.717) is 6.61 Å². The predicted molar refractivity (Wildman–Crippen MR) is 62.1 cm³/mol. The van der Waals surface area contributed by atoms with E-state index in [4.69, 9.17) is 9.72 Å². The van der Waals surface area contributed by atoms with E-state index in [1.54, 1.807) is 0 Å². The molecule has 3 nitrogen and oxygen atoms in total. The number of pyridine rings is 1. The van der Waals surface area contributed by atoms with Gasteiger partial charge in [0.15, 0.2) is 0 Å². The van der Waals surface area contributed by atoms with Crippen molar-refractivity contribution in [2.75, 3.05) is 0 Å². The van der Waals surface area contributed by atoms with Gasteiger partial charge in [-0.3, -0.25) is 4.98 Å². The molecular weight excluding hydrogens is 200 g/mol. The van der Waals surface area contributed by atoms with Crippen molar-refractivity contribution in [1.82, 2.24) is 10.3 Å². The van der Waals surface area contributed by atoms with Gasteiger partial charge in [-0.15, -0.1) is 0 Å². The zero-order chi connectivity index (χ0) is 11.3. The van der Waals surface area contributed by atoms with Crippen molar-refractivity contribution >= 4 is 0 Å². The SMILES string of the molecule is Cc1c2c(nc3c1COC(C)(C)C3)CNC2. The zero-order valence-electron chi connectivity index (χ0n) is 10.2. The van der Waals surface area contributed by atoms with Crippen LogP contribution in [0.25, 0.3) is 0 Å². The van der Waals surface area contributed by atoms with Gasteiger partial charge in [0.2, 0.25) is 0 Å². The maximum atomic E-state index is 5.87. The largest absolute Gasteiger partial charge is 0.370 e. The molecule has 0 atom stereocenters. The van der Waals surface area contributed by atoms with Gasteiger partial charge in [0.1, 0.15) is 0 Å². The van der Waals surface area contributed by atoms with E-state index in [-0.39, 0.29) is 5.60 Å². The number of rotatable bonds is 0. The Kier molecular flexibility index (Phi) is 2.10. The second-order valence-corrected chi connectivity index (χ2v) is 5.42. The normalized spacial score (nSPS) is 21.7. The highest BCUT2D eigenvalue weighted by Gasteiger charge is 2.30. The molecule has 3 heteroatoms. The fourth-order valence-corrected chi connectivity index (χ4v) is 2.66. The topological polar surface area (TPSA) is 34.1 Å². The summed E-state index contributed by atoms with van der Waals surface area (Å²) in [7, 11) is 0. The Morgan fingerprint density at radius 1 is 1.19 bits per heavy atom. The van der Waals surface area contributed by atoms with E-state index in [1.165, 1.54) is 28.1 Å². The van der Waals surface area contributed by atoms with Gasteiger partial charge in [0, 0.05) is 30.8 Å². The predicted octanol–water partition coefficient (Wildman–Crippen LogP) is 1.84. The fourth-order valence-electron chi connectivity index (χ4n) is 2.66. The zero-order valence-corrected chi connectivity index (χ0v) is 10.2. The fraction of sp³-hybridized carbons (Fsp3) is 0.615. The number of nitrogens with zero attached hydrogens (tertiary/aromatic N) is 1. The summed E-state index contributed by atoms with van der Waals surface area (Å²) in [5, 5.41) is 3.37. The highest BCUT2D eigenvalue weighted by molar-refractivity contribution is 5.42. The highest BCUT2D eigenvalue weighted by Crippen LogP contribution is 2.32. The van der Waals surface area contributed by atoms with E-state index >= 15 is 0 Å². The third-order valence-corrected chi connectivity index (χ3v) is 3.67. The van der Waals surface area contributed by atoms with Gasteiger partial charge >= 0.3 is 0 Å². The molecule has 0 bridgehead atoms. The van der Waals surface area contributed by atoms with Crippen LogP contribution >= 0.6 is 0 Å². The molecule has 16 heavy (non-hydrogen) atoms. The molecule has 1 aromatic rings. The number of hydrogen-bond donors (Lipinski definition) is 1. The van der Waals surface area contributed by atoms with E-state index in [1.807, 2.05) is 0 Å². The van der Waals surface area contributed by atoms with Gasteiger partial charge in [0.05, 0.1) is 17.9 Å². The van der Waals surface area contributed by atoms with Crippen molar-refractivity contribution in [3.8, 4) is 0 Å². The van der Waals surface area contributed by atoms with Crippen molar-refractivity contribution in [3.05, 3.63) is 28.1 Å².